The number of nitrogens with zero attached hydrogens (tertiary/aromatic N) is 4. The van der Waals surface area contributed by atoms with Crippen molar-refractivity contribution < 1.29 is 22.3 Å². The molecule has 9 nitrogen and oxygen atoms in total. The van der Waals surface area contributed by atoms with Crippen molar-refractivity contribution in [2.75, 3.05) is 26.3 Å². The summed E-state index contributed by atoms with van der Waals surface area (Å²) in [6.45, 7) is 6.78. The smallest absolute Gasteiger partial charge is 0.246 e. The van der Waals surface area contributed by atoms with Crippen LogP contribution in [0.25, 0.3) is 0 Å². The fourth-order valence-corrected chi connectivity index (χ4v) is 3.88. The van der Waals surface area contributed by atoms with Crippen molar-refractivity contribution in [3.05, 3.63) is 30.1 Å². The first-order chi connectivity index (χ1) is 12.4. The van der Waals surface area contributed by atoms with E-state index < -0.39 is 16.1 Å². The molecule has 0 bridgehead atoms. The van der Waals surface area contributed by atoms with Crippen molar-refractivity contribution in [2.45, 2.75) is 37.7 Å². The van der Waals surface area contributed by atoms with Crippen molar-refractivity contribution in [1.29, 1.82) is 0 Å². The zero-order chi connectivity index (χ0) is 18.7. The third-order valence-electron chi connectivity index (χ3n) is 3.89. The van der Waals surface area contributed by atoms with Gasteiger partial charge < -0.3 is 13.9 Å². The monoisotopic (exact) mass is 382 g/mol. The van der Waals surface area contributed by atoms with Gasteiger partial charge in [-0.05, 0) is 13.0 Å². The van der Waals surface area contributed by atoms with Gasteiger partial charge in [0.05, 0.1) is 19.4 Å². The molecule has 3 rings (SSSR count). The molecule has 1 fully saturated rings. The maximum Gasteiger partial charge on any atom is 0.246 e. The van der Waals surface area contributed by atoms with Crippen molar-refractivity contribution in [3.63, 3.8) is 0 Å². The average molecular weight is 382 g/mol. The summed E-state index contributed by atoms with van der Waals surface area (Å²) in [6.07, 6.45) is 0.711. The summed E-state index contributed by atoms with van der Waals surface area (Å²) >= 11 is 0. The third kappa shape index (κ3) is 3.87. The topological polar surface area (TPSA) is 108 Å². The molecule has 26 heavy (non-hydrogen) atoms. The second-order valence-corrected chi connectivity index (χ2v) is 8.06. The highest BCUT2D eigenvalue weighted by atomic mass is 32.2. The van der Waals surface area contributed by atoms with Gasteiger partial charge in [0, 0.05) is 25.1 Å². The summed E-state index contributed by atoms with van der Waals surface area (Å²) in [6, 6.07) is 3.03. The number of rotatable bonds is 6. The van der Waals surface area contributed by atoms with Gasteiger partial charge in [-0.2, -0.15) is 4.31 Å². The minimum atomic E-state index is -3.70. The largest absolute Gasteiger partial charge is 0.478 e. The fraction of sp³-hybridized carbons (Fsp3) is 0.562. The Morgan fingerprint density at radius 2 is 2.15 bits per heavy atom. The van der Waals surface area contributed by atoms with E-state index in [1.165, 1.54) is 16.6 Å². The molecule has 0 aliphatic carbocycles. The molecule has 2 aromatic heterocycles. The van der Waals surface area contributed by atoms with Gasteiger partial charge in [-0.25, -0.2) is 13.4 Å². The first-order valence-corrected chi connectivity index (χ1v) is 9.89. The van der Waals surface area contributed by atoms with Crippen LogP contribution in [0.2, 0.25) is 0 Å². The predicted molar refractivity (Wildman–Crippen MR) is 91.2 cm³/mol. The minimum Gasteiger partial charge on any atom is -0.478 e. The SMILES string of the molecule is CCOc1ccc(S(=O)(=O)N2CCO[C@H](c3nnc(C(C)C)o3)C2)cn1. The van der Waals surface area contributed by atoms with Crippen LogP contribution in [0.1, 0.15) is 44.6 Å². The van der Waals surface area contributed by atoms with E-state index in [9.17, 15) is 8.42 Å². The van der Waals surface area contributed by atoms with E-state index in [1.807, 2.05) is 20.8 Å². The molecule has 0 amide bonds. The van der Waals surface area contributed by atoms with E-state index >= 15 is 0 Å². The summed E-state index contributed by atoms with van der Waals surface area (Å²) in [5.74, 6) is 1.27. The molecule has 0 N–H and O–H groups in total. The normalized spacial score (nSPS) is 19.0. The van der Waals surface area contributed by atoms with E-state index in [1.54, 1.807) is 6.07 Å². The predicted octanol–water partition coefficient (Wildman–Crippen LogP) is 1.75. The molecular formula is C16H22N4O5S. The first-order valence-electron chi connectivity index (χ1n) is 8.45. The van der Waals surface area contributed by atoms with Crippen LogP contribution in [0.4, 0.5) is 0 Å². The summed E-state index contributed by atoms with van der Waals surface area (Å²) < 4.78 is 43.6. The van der Waals surface area contributed by atoms with Crippen LogP contribution >= 0.6 is 0 Å². The van der Waals surface area contributed by atoms with Crippen molar-refractivity contribution in [3.8, 4) is 5.88 Å². The fourth-order valence-electron chi connectivity index (χ4n) is 2.51. The lowest BCUT2D eigenvalue weighted by atomic mass is 10.2. The van der Waals surface area contributed by atoms with Crippen LogP contribution in [0.3, 0.4) is 0 Å². The minimum absolute atomic E-state index is 0.0922. The number of hydrogen-bond acceptors (Lipinski definition) is 8. The summed E-state index contributed by atoms with van der Waals surface area (Å²) in [5.41, 5.74) is 0. The van der Waals surface area contributed by atoms with Gasteiger partial charge in [-0.15, -0.1) is 10.2 Å². The molecule has 1 atom stereocenters. The molecule has 0 saturated carbocycles. The Balaban J connectivity index is 1.76. The summed E-state index contributed by atoms with van der Waals surface area (Å²) in [7, 11) is -3.70. The van der Waals surface area contributed by atoms with Gasteiger partial charge in [0.1, 0.15) is 11.0 Å². The Kier molecular flexibility index (Phi) is 5.54. The van der Waals surface area contributed by atoms with E-state index in [-0.39, 0.29) is 30.5 Å². The van der Waals surface area contributed by atoms with Gasteiger partial charge in [-0.3, -0.25) is 0 Å². The molecule has 0 aromatic carbocycles. The quantitative estimate of drug-likeness (QED) is 0.743. The highest BCUT2D eigenvalue weighted by molar-refractivity contribution is 7.89. The molecule has 0 spiro atoms. The molecule has 1 aliphatic heterocycles. The lowest BCUT2D eigenvalue weighted by Gasteiger charge is -2.30. The standard InChI is InChI=1S/C16H22N4O5S/c1-4-23-14-6-5-12(9-17-14)26(21,22)20-7-8-24-13(10-20)16-19-18-15(25-16)11(2)3/h5-6,9,11,13H,4,7-8,10H2,1-3H3/t13-/m0/s1. The number of hydrogen-bond donors (Lipinski definition) is 0. The zero-order valence-corrected chi connectivity index (χ0v) is 15.8. The third-order valence-corrected chi connectivity index (χ3v) is 5.74. The van der Waals surface area contributed by atoms with Crippen LogP contribution in [-0.2, 0) is 14.8 Å². The molecule has 3 heterocycles. The van der Waals surface area contributed by atoms with Crippen LogP contribution < -0.4 is 4.74 Å². The van der Waals surface area contributed by atoms with E-state index in [0.29, 0.717) is 24.3 Å². The number of pyridine rings is 1. The van der Waals surface area contributed by atoms with Crippen LogP contribution in [0.15, 0.2) is 27.6 Å². The van der Waals surface area contributed by atoms with Gasteiger partial charge in [0.2, 0.25) is 27.7 Å². The Morgan fingerprint density at radius 3 is 2.77 bits per heavy atom. The van der Waals surface area contributed by atoms with E-state index in [2.05, 4.69) is 15.2 Å². The molecule has 2 aromatic rings. The van der Waals surface area contributed by atoms with E-state index in [4.69, 9.17) is 13.9 Å². The molecule has 1 aliphatic rings. The second kappa shape index (κ2) is 7.68. The van der Waals surface area contributed by atoms with Crippen LogP contribution in [0.5, 0.6) is 5.88 Å². The lowest BCUT2D eigenvalue weighted by molar-refractivity contribution is -0.0179. The van der Waals surface area contributed by atoms with Gasteiger partial charge in [0.15, 0.2) is 0 Å². The second-order valence-electron chi connectivity index (χ2n) is 6.12. The maximum absolute atomic E-state index is 12.9. The number of aromatic nitrogens is 3. The lowest BCUT2D eigenvalue weighted by Crippen LogP contribution is -2.42. The Morgan fingerprint density at radius 1 is 1.35 bits per heavy atom. The number of morpholine rings is 1. The highest BCUT2D eigenvalue weighted by Crippen LogP contribution is 2.27. The van der Waals surface area contributed by atoms with Gasteiger partial charge in [-0.1, -0.05) is 13.8 Å². The summed E-state index contributed by atoms with van der Waals surface area (Å²) in [5, 5.41) is 7.97. The molecule has 0 radical (unpaired) electrons. The average Bonchev–Trinajstić information content (AvgIpc) is 3.13. The van der Waals surface area contributed by atoms with Crippen molar-refractivity contribution in [1.82, 2.24) is 19.5 Å². The number of ether oxygens (including phenoxy) is 2. The number of sulfonamides is 1. The molecule has 0 unspecified atom stereocenters. The van der Waals surface area contributed by atoms with Gasteiger partial charge in [0.25, 0.3) is 0 Å². The Bertz CT molecular complexity index is 835. The first kappa shape index (κ1) is 18.7. The van der Waals surface area contributed by atoms with Crippen molar-refractivity contribution in [2.24, 2.45) is 0 Å². The molecular weight excluding hydrogens is 360 g/mol. The zero-order valence-electron chi connectivity index (χ0n) is 15.0. The molecule has 1 saturated heterocycles. The van der Waals surface area contributed by atoms with Crippen molar-refractivity contribution >= 4 is 10.0 Å². The highest BCUT2D eigenvalue weighted by Gasteiger charge is 2.34. The Hall–Kier alpha value is -2.04. The van der Waals surface area contributed by atoms with Crippen LogP contribution in [0, 0.1) is 0 Å². The molecule has 142 valence electrons. The summed E-state index contributed by atoms with van der Waals surface area (Å²) in [4.78, 5) is 4.14. The van der Waals surface area contributed by atoms with E-state index in [0.717, 1.165) is 0 Å². The molecule has 10 heteroatoms. The van der Waals surface area contributed by atoms with Gasteiger partial charge >= 0.3 is 0 Å². The van der Waals surface area contributed by atoms with Crippen LogP contribution in [-0.4, -0.2) is 54.2 Å². The Labute approximate surface area is 152 Å². The maximum atomic E-state index is 12.9.